The summed E-state index contributed by atoms with van der Waals surface area (Å²) in [4.78, 5) is 8.66. The van der Waals surface area contributed by atoms with Crippen LogP contribution < -0.4 is 5.32 Å². The van der Waals surface area contributed by atoms with Gasteiger partial charge in [0, 0.05) is 25.1 Å². The first kappa shape index (κ1) is 8.19. The van der Waals surface area contributed by atoms with E-state index in [1.165, 1.54) is 0 Å². The van der Waals surface area contributed by atoms with Crippen molar-refractivity contribution in [2.75, 3.05) is 7.05 Å². The number of aryl methyl sites for hydroxylation is 1. The summed E-state index contributed by atoms with van der Waals surface area (Å²) < 4.78 is 2.00. The fourth-order valence-electron chi connectivity index (χ4n) is 1.39. The van der Waals surface area contributed by atoms with Crippen LogP contribution in [-0.4, -0.2) is 21.4 Å². The van der Waals surface area contributed by atoms with Crippen molar-refractivity contribution < 1.29 is 0 Å². The van der Waals surface area contributed by atoms with Gasteiger partial charge in [-0.2, -0.15) is 0 Å². The van der Waals surface area contributed by atoms with Crippen LogP contribution >= 0.6 is 0 Å². The maximum absolute atomic E-state index is 4.39. The Hall–Kier alpha value is -1.42. The summed E-state index contributed by atoms with van der Waals surface area (Å²) >= 11 is 0. The minimum atomic E-state index is 0.751. The van der Waals surface area contributed by atoms with Crippen LogP contribution in [0, 0.1) is 6.92 Å². The monoisotopic (exact) mass is 176 g/mol. The SMILES string of the molecule is CNCc1nccn2cc(C)nc12. The highest BCUT2D eigenvalue weighted by molar-refractivity contribution is 5.44. The number of imidazole rings is 1. The van der Waals surface area contributed by atoms with Crippen LogP contribution in [0.25, 0.3) is 5.65 Å². The zero-order valence-electron chi connectivity index (χ0n) is 7.78. The highest BCUT2D eigenvalue weighted by Crippen LogP contribution is 2.07. The van der Waals surface area contributed by atoms with E-state index in [9.17, 15) is 0 Å². The molecular formula is C9H12N4. The lowest BCUT2D eigenvalue weighted by molar-refractivity contribution is 0.788. The largest absolute Gasteiger partial charge is 0.314 e. The zero-order valence-corrected chi connectivity index (χ0v) is 7.78. The molecule has 2 heterocycles. The van der Waals surface area contributed by atoms with Gasteiger partial charge in [-0.1, -0.05) is 0 Å². The Kier molecular flexibility index (Phi) is 1.98. The number of nitrogens with zero attached hydrogens (tertiary/aromatic N) is 3. The van der Waals surface area contributed by atoms with Crippen molar-refractivity contribution in [1.82, 2.24) is 19.7 Å². The van der Waals surface area contributed by atoms with Crippen LogP contribution in [0.4, 0.5) is 0 Å². The lowest BCUT2D eigenvalue weighted by Crippen LogP contribution is -2.08. The van der Waals surface area contributed by atoms with Crippen molar-refractivity contribution in [2.24, 2.45) is 0 Å². The molecule has 2 aromatic rings. The second kappa shape index (κ2) is 3.14. The van der Waals surface area contributed by atoms with E-state index in [1.807, 2.05) is 30.8 Å². The fourth-order valence-corrected chi connectivity index (χ4v) is 1.39. The molecule has 0 aromatic carbocycles. The summed E-state index contributed by atoms with van der Waals surface area (Å²) in [6.07, 6.45) is 5.70. The maximum atomic E-state index is 4.39. The third-order valence-electron chi connectivity index (χ3n) is 1.91. The molecule has 4 heteroatoms. The van der Waals surface area contributed by atoms with Crippen molar-refractivity contribution in [3.05, 3.63) is 30.0 Å². The second-order valence-corrected chi connectivity index (χ2v) is 3.02. The van der Waals surface area contributed by atoms with Crippen LogP contribution in [0.3, 0.4) is 0 Å². The number of fused-ring (bicyclic) bond motifs is 1. The number of rotatable bonds is 2. The van der Waals surface area contributed by atoms with Gasteiger partial charge in [-0.15, -0.1) is 0 Å². The van der Waals surface area contributed by atoms with Gasteiger partial charge in [0.1, 0.15) is 0 Å². The van der Waals surface area contributed by atoms with Crippen LogP contribution in [0.5, 0.6) is 0 Å². The summed E-state index contributed by atoms with van der Waals surface area (Å²) in [6.45, 7) is 2.73. The molecule has 0 spiro atoms. The Morgan fingerprint density at radius 1 is 1.54 bits per heavy atom. The zero-order chi connectivity index (χ0) is 9.26. The van der Waals surface area contributed by atoms with E-state index in [0.29, 0.717) is 0 Å². The van der Waals surface area contributed by atoms with E-state index >= 15 is 0 Å². The molecule has 1 N–H and O–H groups in total. The lowest BCUT2D eigenvalue weighted by Gasteiger charge is -2.00. The van der Waals surface area contributed by atoms with Gasteiger partial charge in [0.05, 0.1) is 11.4 Å². The van der Waals surface area contributed by atoms with Gasteiger partial charge in [-0.05, 0) is 14.0 Å². The minimum absolute atomic E-state index is 0.751. The molecule has 4 nitrogen and oxygen atoms in total. The van der Waals surface area contributed by atoms with Crippen molar-refractivity contribution >= 4 is 5.65 Å². The van der Waals surface area contributed by atoms with E-state index in [0.717, 1.165) is 23.6 Å². The maximum Gasteiger partial charge on any atom is 0.160 e. The smallest absolute Gasteiger partial charge is 0.160 e. The molecule has 0 unspecified atom stereocenters. The first-order valence-corrected chi connectivity index (χ1v) is 4.25. The molecule has 0 aliphatic heterocycles. The molecule has 0 radical (unpaired) electrons. The molecule has 0 amide bonds. The van der Waals surface area contributed by atoms with Crippen LogP contribution in [-0.2, 0) is 6.54 Å². The Morgan fingerprint density at radius 2 is 2.38 bits per heavy atom. The van der Waals surface area contributed by atoms with Gasteiger partial charge in [-0.3, -0.25) is 4.98 Å². The van der Waals surface area contributed by atoms with Crippen LogP contribution in [0.2, 0.25) is 0 Å². The molecule has 0 fully saturated rings. The highest BCUT2D eigenvalue weighted by Gasteiger charge is 2.03. The predicted octanol–water partition coefficient (Wildman–Crippen LogP) is 0.757. The predicted molar refractivity (Wildman–Crippen MR) is 50.5 cm³/mol. The fraction of sp³-hybridized carbons (Fsp3) is 0.333. The first-order chi connectivity index (χ1) is 6.31. The van der Waals surface area contributed by atoms with E-state index in [1.54, 1.807) is 6.20 Å². The average Bonchev–Trinajstić information content (AvgIpc) is 2.47. The molecule has 2 rings (SSSR count). The molecule has 0 bridgehead atoms. The van der Waals surface area contributed by atoms with Crippen molar-refractivity contribution in [3.63, 3.8) is 0 Å². The summed E-state index contributed by atoms with van der Waals surface area (Å²) in [7, 11) is 1.90. The Balaban J connectivity index is 2.60. The normalized spacial score (nSPS) is 10.9. The van der Waals surface area contributed by atoms with Gasteiger partial charge in [0.25, 0.3) is 0 Å². The number of aromatic nitrogens is 3. The molecule has 0 saturated heterocycles. The minimum Gasteiger partial charge on any atom is -0.314 e. The van der Waals surface area contributed by atoms with Crippen LogP contribution in [0.1, 0.15) is 11.4 Å². The number of nitrogens with one attached hydrogen (secondary N) is 1. The summed E-state index contributed by atoms with van der Waals surface area (Å²) in [5.74, 6) is 0. The molecule has 0 aliphatic carbocycles. The number of hydrogen-bond donors (Lipinski definition) is 1. The molecule has 0 aliphatic rings. The molecule has 0 saturated carbocycles. The van der Waals surface area contributed by atoms with E-state index < -0.39 is 0 Å². The van der Waals surface area contributed by atoms with Gasteiger partial charge < -0.3 is 9.72 Å². The summed E-state index contributed by atoms with van der Waals surface area (Å²) in [5, 5.41) is 3.07. The molecule has 2 aromatic heterocycles. The van der Waals surface area contributed by atoms with E-state index in [2.05, 4.69) is 15.3 Å². The van der Waals surface area contributed by atoms with Gasteiger partial charge in [-0.25, -0.2) is 4.98 Å². The Bertz CT molecular complexity index is 418. The van der Waals surface area contributed by atoms with Crippen molar-refractivity contribution in [3.8, 4) is 0 Å². The van der Waals surface area contributed by atoms with Crippen molar-refractivity contribution in [2.45, 2.75) is 13.5 Å². The number of hydrogen-bond acceptors (Lipinski definition) is 3. The molecule has 13 heavy (non-hydrogen) atoms. The Labute approximate surface area is 76.6 Å². The average molecular weight is 176 g/mol. The standard InChI is InChI=1S/C9H12N4/c1-7-6-13-4-3-11-8(5-10-2)9(13)12-7/h3-4,6,10H,5H2,1-2H3. The van der Waals surface area contributed by atoms with Gasteiger partial charge >= 0.3 is 0 Å². The first-order valence-electron chi connectivity index (χ1n) is 4.25. The quantitative estimate of drug-likeness (QED) is 0.734. The Morgan fingerprint density at radius 3 is 3.15 bits per heavy atom. The molecule has 0 atom stereocenters. The topological polar surface area (TPSA) is 42.2 Å². The van der Waals surface area contributed by atoms with Crippen molar-refractivity contribution in [1.29, 1.82) is 0 Å². The second-order valence-electron chi connectivity index (χ2n) is 3.02. The highest BCUT2D eigenvalue weighted by atomic mass is 15.0. The lowest BCUT2D eigenvalue weighted by atomic mass is 10.4. The molecule has 68 valence electrons. The summed E-state index contributed by atoms with van der Waals surface area (Å²) in [5.41, 5.74) is 2.94. The van der Waals surface area contributed by atoms with Gasteiger partial charge in [0.15, 0.2) is 5.65 Å². The third kappa shape index (κ3) is 1.40. The summed E-state index contributed by atoms with van der Waals surface area (Å²) in [6, 6.07) is 0. The van der Waals surface area contributed by atoms with Gasteiger partial charge in [0.2, 0.25) is 0 Å². The van der Waals surface area contributed by atoms with Crippen LogP contribution in [0.15, 0.2) is 18.6 Å². The van der Waals surface area contributed by atoms with E-state index in [4.69, 9.17) is 0 Å². The molecular weight excluding hydrogens is 164 g/mol. The van der Waals surface area contributed by atoms with E-state index in [-0.39, 0.29) is 0 Å². The third-order valence-corrected chi connectivity index (χ3v) is 1.91.